The van der Waals surface area contributed by atoms with Crippen LogP contribution in [-0.2, 0) is 0 Å². The Labute approximate surface area is 87.7 Å². The highest BCUT2D eigenvalue weighted by Crippen LogP contribution is 2.12. The van der Waals surface area contributed by atoms with Crippen LogP contribution < -0.4 is 11.5 Å². The topological polar surface area (TPSA) is 89.3 Å². The molecule has 0 aliphatic carbocycles. The van der Waals surface area contributed by atoms with Crippen LogP contribution >= 0.6 is 24.8 Å². The van der Waals surface area contributed by atoms with E-state index in [0.29, 0.717) is 11.4 Å². The predicted molar refractivity (Wildman–Crippen MR) is 56.7 cm³/mol. The summed E-state index contributed by atoms with van der Waals surface area (Å²) in [6.45, 7) is 0. The highest BCUT2D eigenvalue weighted by atomic mass is 35.5. The number of aromatic carboxylic acids is 1. The van der Waals surface area contributed by atoms with E-state index in [2.05, 4.69) is 0 Å². The first-order valence-electron chi connectivity index (χ1n) is 2.99. The van der Waals surface area contributed by atoms with Gasteiger partial charge >= 0.3 is 5.97 Å². The minimum atomic E-state index is -1.02. The number of nitrogen functional groups attached to an aromatic ring is 2. The van der Waals surface area contributed by atoms with Crippen LogP contribution in [0.3, 0.4) is 0 Å². The van der Waals surface area contributed by atoms with E-state index in [4.69, 9.17) is 16.6 Å². The monoisotopic (exact) mass is 224 g/mol. The van der Waals surface area contributed by atoms with Crippen molar-refractivity contribution in [1.82, 2.24) is 0 Å². The first kappa shape index (κ1) is 14.4. The number of anilines is 2. The smallest absolute Gasteiger partial charge is 0.335 e. The normalized spacial score (nSPS) is 8.00. The van der Waals surface area contributed by atoms with Crippen LogP contribution in [0.1, 0.15) is 10.4 Å². The predicted octanol–water partition coefficient (Wildman–Crippen LogP) is 1.39. The SMILES string of the molecule is Cl.Cl.Nc1cc(N)cc(C(=O)O)c1. The van der Waals surface area contributed by atoms with Gasteiger partial charge in [0, 0.05) is 11.4 Å². The van der Waals surface area contributed by atoms with Crippen molar-refractivity contribution in [3.05, 3.63) is 23.8 Å². The van der Waals surface area contributed by atoms with E-state index in [1.54, 1.807) is 0 Å². The third-order valence-corrected chi connectivity index (χ3v) is 1.22. The molecule has 0 atom stereocenters. The molecule has 0 saturated heterocycles. The van der Waals surface area contributed by atoms with Gasteiger partial charge in [0.2, 0.25) is 0 Å². The summed E-state index contributed by atoms with van der Waals surface area (Å²) < 4.78 is 0. The summed E-state index contributed by atoms with van der Waals surface area (Å²) in [7, 11) is 0. The van der Waals surface area contributed by atoms with Gasteiger partial charge in [-0.3, -0.25) is 0 Å². The van der Waals surface area contributed by atoms with Gasteiger partial charge in [-0.05, 0) is 18.2 Å². The maximum atomic E-state index is 10.4. The first-order valence-corrected chi connectivity index (χ1v) is 2.99. The summed E-state index contributed by atoms with van der Waals surface area (Å²) in [4.78, 5) is 10.4. The largest absolute Gasteiger partial charge is 0.478 e. The fourth-order valence-electron chi connectivity index (χ4n) is 0.800. The van der Waals surface area contributed by atoms with E-state index in [9.17, 15) is 4.79 Å². The Morgan fingerprint density at radius 3 is 1.77 bits per heavy atom. The minimum absolute atomic E-state index is 0. The lowest BCUT2D eigenvalue weighted by atomic mass is 10.2. The van der Waals surface area contributed by atoms with Crippen molar-refractivity contribution >= 4 is 42.2 Å². The maximum absolute atomic E-state index is 10.4. The van der Waals surface area contributed by atoms with Gasteiger partial charge in [0.05, 0.1) is 5.56 Å². The van der Waals surface area contributed by atoms with E-state index in [1.165, 1.54) is 18.2 Å². The highest BCUT2D eigenvalue weighted by Gasteiger charge is 2.02. The zero-order valence-electron chi connectivity index (χ0n) is 6.56. The third-order valence-electron chi connectivity index (χ3n) is 1.22. The van der Waals surface area contributed by atoms with Crippen LogP contribution in [0.4, 0.5) is 11.4 Å². The fraction of sp³-hybridized carbons (Fsp3) is 0. The summed E-state index contributed by atoms with van der Waals surface area (Å²) in [5.74, 6) is -1.02. The molecule has 1 aromatic carbocycles. The molecule has 13 heavy (non-hydrogen) atoms. The molecule has 0 fully saturated rings. The van der Waals surface area contributed by atoms with Crippen molar-refractivity contribution in [2.24, 2.45) is 0 Å². The molecule has 0 spiro atoms. The molecular formula is C7H10Cl2N2O2. The molecule has 0 radical (unpaired) electrons. The third kappa shape index (κ3) is 3.87. The summed E-state index contributed by atoms with van der Waals surface area (Å²) >= 11 is 0. The average molecular weight is 225 g/mol. The lowest BCUT2D eigenvalue weighted by molar-refractivity contribution is 0.0697. The summed E-state index contributed by atoms with van der Waals surface area (Å²) in [6.07, 6.45) is 0. The van der Waals surface area contributed by atoms with Crippen LogP contribution in [0.25, 0.3) is 0 Å². The molecule has 5 N–H and O–H groups in total. The van der Waals surface area contributed by atoms with E-state index in [1.807, 2.05) is 0 Å². The number of carbonyl (C=O) groups is 1. The van der Waals surface area contributed by atoms with E-state index in [-0.39, 0.29) is 30.4 Å². The number of nitrogens with two attached hydrogens (primary N) is 2. The quantitative estimate of drug-likeness (QED) is 0.630. The number of halogens is 2. The zero-order valence-corrected chi connectivity index (χ0v) is 8.19. The van der Waals surface area contributed by atoms with Crippen LogP contribution in [0, 0.1) is 0 Å². The first-order chi connectivity index (χ1) is 5.09. The number of benzene rings is 1. The van der Waals surface area contributed by atoms with Gasteiger partial charge in [-0.25, -0.2) is 4.79 Å². The Morgan fingerprint density at radius 1 is 1.08 bits per heavy atom. The van der Waals surface area contributed by atoms with Crippen LogP contribution in [0.15, 0.2) is 18.2 Å². The fourth-order valence-corrected chi connectivity index (χ4v) is 0.800. The second-order valence-electron chi connectivity index (χ2n) is 2.19. The molecule has 0 saturated carbocycles. The van der Waals surface area contributed by atoms with Crippen molar-refractivity contribution in [3.8, 4) is 0 Å². The standard InChI is InChI=1S/C7H8N2O2.2ClH/c8-5-1-4(7(10)11)2-6(9)3-5;;/h1-3H,8-9H2,(H,10,11);2*1H. The Balaban J connectivity index is 0. The number of rotatable bonds is 1. The number of carboxylic acids is 1. The second kappa shape index (κ2) is 5.50. The Kier molecular flexibility index (Phi) is 6.10. The molecule has 0 aliphatic heterocycles. The van der Waals surface area contributed by atoms with Crippen molar-refractivity contribution in [1.29, 1.82) is 0 Å². The maximum Gasteiger partial charge on any atom is 0.335 e. The van der Waals surface area contributed by atoms with E-state index < -0.39 is 5.97 Å². The van der Waals surface area contributed by atoms with Crippen LogP contribution in [0.2, 0.25) is 0 Å². The molecule has 74 valence electrons. The Bertz CT molecular complexity index is 284. The molecule has 1 aromatic rings. The molecule has 0 aromatic heterocycles. The van der Waals surface area contributed by atoms with Crippen molar-refractivity contribution in [2.45, 2.75) is 0 Å². The van der Waals surface area contributed by atoms with Crippen molar-refractivity contribution in [2.75, 3.05) is 11.5 Å². The Morgan fingerprint density at radius 2 is 1.46 bits per heavy atom. The number of carboxylic acid groups (broad SMARTS) is 1. The summed E-state index contributed by atoms with van der Waals surface area (Å²) in [5.41, 5.74) is 11.5. The van der Waals surface area contributed by atoms with E-state index >= 15 is 0 Å². The number of hydrogen-bond donors (Lipinski definition) is 3. The van der Waals surface area contributed by atoms with Gasteiger partial charge in [0.15, 0.2) is 0 Å². The van der Waals surface area contributed by atoms with Gasteiger partial charge in [0.25, 0.3) is 0 Å². The van der Waals surface area contributed by atoms with Gasteiger partial charge in [-0.15, -0.1) is 24.8 Å². The summed E-state index contributed by atoms with van der Waals surface area (Å²) in [6, 6.07) is 4.23. The molecule has 1 rings (SSSR count). The molecule has 0 unspecified atom stereocenters. The minimum Gasteiger partial charge on any atom is -0.478 e. The van der Waals surface area contributed by atoms with Crippen molar-refractivity contribution < 1.29 is 9.90 Å². The van der Waals surface area contributed by atoms with Gasteiger partial charge < -0.3 is 16.6 Å². The average Bonchev–Trinajstić information content (AvgIpc) is 1.85. The summed E-state index contributed by atoms with van der Waals surface area (Å²) in [5, 5.41) is 8.52. The molecule has 0 bridgehead atoms. The molecule has 6 heteroatoms. The molecule has 0 aliphatic rings. The molecular weight excluding hydrogens is 215 g/mol. The highest BCUT2D eigenvalue weighted by molar-refractivity contribution is 5.90. The lowest BCUT2D eigenvalue weighted by Crippen LogP contribution is -1.99. The molecule has 0 heterocycles. The van der Waals surface area contributed by atoms with Gasteiger partial charge in [-0.2, -0.15) is 0 Å². The van der Waals surface area contributed by atoms with Crippen molar-refractivity contribution in [3.63, 3.8) is 0 Å². The number of hydrogen-bond acceptors (Lipinski definition) is 3. The lowest BCUT2D eigenvalue weighted by Gasteiger charge is -1.98. The van der Waals surface area contributed by atoms with Crippen LogP contribution in [-0.4, -0.2) is 11.1 Å². The Hall–Kier alpha value is -1.13. The molecule has 0 amide bonds. The van der Waals surface area contributed by atoms with E-state index in [0.717, 1.165) is 0 Å². The van der Waals surface area contributed by atoms with Crippen LogP contribution in [0.5, 0.6) is 0 Å². The van der Waals surface area contributed by atoms with Gasteiger partial charge in [0.1, 0.15) is 0 Å². The van der Waals surface area contributed by atoms with Gasteiger partial charge in [-0.1, -0.05) is 0 Å². The second-order valence-corrected chi connectivity index (χ2v) is 2.19. The zero-order chi connectivity index (χ0) is 8.43. The molecule has 4 nitrogen and oxygen atoms in total.